The highest BCUT2D eigenvalue weighted by atomic mass is 32.2. The number of rotatable bonds is 1. The summed E-state index contributed by atoms with van der Waals surface area (Å²) >= 11 is 0.480. The number of hydrogen-bond acceptors (Lipinski definition) is 1. The zero-order chi connectivity index (χ0) is 7.78. The Morgan fingerprint density at radius 2 is 2.10 bits per heavy atom. The molecule has 1 fully saturated rings. The van der Waals surface area contributed by atoms with Gasteiger partial charge in [0, 0.05) is 5.75 Å². The second kappa shape index (κ2) is 2.60. The largest absolute Gasteiger partial charge is 0.294 e. The summed E-state index contributed by atoms with van der Waals surface area (Å²) in [6.07, 6.45) is 0. The van der Waals surface area contributed by atoms with Gasteiger partial charge in [-0.1, -0.05) is 0 Å². The summed E-state index contributed by atoms with van der Waals surface area (Å²) in [5.74, 6) is -5.00. The van der Waals surface area contributed by atoms with Gasteiger partial charge in [0.1, 0.15) is 0 Å². The van der Waals surface area contributed by atoms with E-state index in [4.69, 9.17) is 0 Å². The highest BCUT2D eigenvalue weighted by molar-refractivity contribution is 8.00. The SMILES string of the molecule is FCC1CSC(F)C1(F)F. The Morgan fingerprint density at radius 1 is 1.50 bits per heavy atom. The van der Waals surface area contributed by atoms with Crippen LogP contribution in [0.4, 0.5) is 17.6 Å². The smallest absolute Gasteiger partial charge is 0.251 e. The van der Waals surface area contributed by atoms with Gasteiger partial charge in [0.15, 0.2) is 0 Å². The normalized spacial score (nSPS) is 38.4. The zero-order valence-corrected chi connectivity index (χ0v) is 5.81. The van der Waals surface area contributed by atoms with Crippen molar-refractivity contribution in [2.45, 2.75) is 11.4 Å². The fourth-order valence-electron chi connectivity index (χ4n) is 0.756. The lowest BCUT2D eigenvalue weighted by molar-refractivity contribution is -0.0776. The Kier molecular flexibility index (Phi) is 2.12. The monoisotopic (exact) mass is 174 g/mol. The molecule has 10 heavy (non-hydrogen) atoms. The van der Waals surface area contributed by atoms with Crippen LogP contribution in [0.25, 0.3) is 0 Å². The van der Waals surface area contributed by atoms with Crippen LogP contribution in [0, 0.1) is 5.92 Å². The molecular formula is C5H6F4S. The number of halogens is 4. The Balaban J connectivity index is 2.64. The fourth-order valence-corrected chi connectivity index (χ4v) is 1.88. The van der Waals surface area contributed by atoms with E-state index in [-0.39, 0.29) is 5.75 Å². The van der Waals surface area contributed by atoms with Gasteiger partial charge in [0.2, 0.25) is 5.50 Å². The van der Waals surface area contributed by atoms with Gasteiger partial charge in [-0.05, 0) is 0 Å². The van der Waals surface area contributed by atoms with Gasteiger partial charge >= 0.3 is 0 Å². The lowest BCUT2D eigenvalue weighted by Crippen LogP contribution is -2.32. The lowest BCUT2D eigenvalue weighted by atomic mass is 10.1. The van der Waals surface area contributed by atoms with Crippen molar-refractivity contribution in [3.63, 3.8) is 0 Å². The summed E-state index contributed by atoms with van der Waals surface area (Å²) in [6, 6.07) is 0. The standard InChI is InChI=1S/C5H6F4S/c6-1-3-2-10-4(7)5(3,8)9/h3-4H,1-2H2. The molecule has 0 aromatic carbocycles. The number of hydrogen-bond donors (Lipinski definition) is 0. The first kappa shape index (κ1) is 8.17. The average Bonchev–Trinajstić information content (AvgIpc) is 2.10. The molecule has 1 saturated heterocycles. The molecule has 1 heterocycles. The Hall–Kier alpha value is 0.0700. The van der Waals surface area contributed by atoms with Crippen molar-refractivity contribution in [1.82, 2.24) is 0 Å². The van der Waals surface area contributed by atoms with Gasteiger partial charge in [-0.25, -0.2) is 13.2 Å². The summed E-state index contributed by atoms with van der Waals surface area (Å²) in [6.45, 7) is -1.14. The maximum atomic E-state index is 12.4. The van der Waals surface area contributed by atoms with Crippen molar-refractivity contribution in [3.05, 3.63) is 0 Å². The molecule has 0 N–H and O–H groups in total. The molecule has 0 radical (unpaired) electrons. The quantitative estimate of drug-likeness (QED) is 0.549. The van der Waals surface area contributed by atoms with Crippen molar-refractivity contribution in [2.24, 2.45) is 5.92 Å². The number of thioether (sulfide) groups is 1. The maximum absolute atomic E-state index is 12.4. The van der Waals surface area contributed by atoms with E-state index in [0.717, 1.165) is 0 Å². The lowest BCUT2D eigenvalue weighted by Gasteiger charge is -2.15. The second-order valence-electron chi connectivity index (χ2n) is 2.18. The van der Waals surface area contributed by atoms with Gasteiger partial charge < -0.3 is 0 Å². The average molecular weight is 174 g/mol. The minimum atomic E-state index is -3.46. The Morgan fingerprint density at radius 3 is 2.30 bits per heavy atom. The predicted octanol–water partition coefficient (Wildman–Crippen LogP) is 2.25. The van der Waals surface area contributed by atoms with Gasteiger partial charge in [-0.3, -0.25) is 4.39 Å². The van der Waals surface area contributed by atoms with E-state index in [1.54, 1.807) is 0 Å². The first-order valence-electron chi connectivity index (χ1n) is 2.78. The zero-order valence-electron chi connectivity index (χ0n) is 4.99. The topological polar surface area (TPSA) is 0 Å². The molecule has 0 saturated carbocycles. The summed E-state index contributed by atoms with van der Waals surface area (Å²) in [7, 11) is 0. The molecule has 1 aliphatic rings. The van der Waals surface area contributed by atoms with Gasteiger partial charge in [0.05, 0.1) is 12.6 Å². The highest BCUT2D eigenvalue weighted by Crippen LogP contribution is 2.45. The summed E-state index contributed by atoms with van der Waals surface area (Å²) < 4.78 is 48.6. The second-order valence-corrected chi connectivity index (χ2v) is 3.26. The summed E-state index contributed by atoms with van der Waals surface area (Å²) in [4.78, 5) is 0. The minimum absolute atomic E-state index is 0.120. The van der Waals surface area contributed by atoms with E-state index in [1.165, 1.54) is 0 Å². The molecule has 1 aliphatic heterocycles. The molecule has 0 bridgehead atoms. The summed E-state index contributed by atoms with van der Waals surface area (Å²) in [5, 5.41) is 0. The minimum Gasteiger partial charge on any atom is -0.251 e. The van der Waals surface area contributed by atoms with Crippen molar-refractivity contribution in [3.8, 4) is 0 Å². The molecule has 0 aromatic heterocycles. The van der Waals surface area contributed by atoms with E-state index in [0.29, 0.717) is 11.8 Å². The first-order valence-corrected chi connectivity index (χ1v) is 3.83. The van der Waals surface area contributed by atoms with E-state index in [1.807, 2.05) is 0 Å². The van der Waals surface area contributed by atoms with Crippen LogP contribution in [-0.4, -0.2) is 23.9 Å². The van der Waals surface area contributed by atoms with Crippen LogP contribution in [-0.2, 0) is 0 Å². The molecule has 0 nitrogen and oxygen atoms in total. The Bertz CT molecular complexity index is 127. The first-order chi connectivity index (χ1) is 4.59. The van der Waals surface area contributed by atoms with E-state index < -0.39 is 24.0 Å². The fraction of sp³-hybridized carbons (Fsp3) is 1.00. The summed E-state index contributed by atoms with van der Waals surface area (Å²) in [5.41, 5.74) is -2.21. The van der Waals surface area contributed by atoms with Gasteiger partial charge in [0.25, 0.3) is 5.92 Å². The Labute approximate surface area is 60.0 Å². The third-order valence-electron chi connectivity index (χ3n) is 1.48. The van der Waals surface area contributed by atoms with Crippen LogP contribution in [0.3, 0.4) is 0 Å². The van der Waals surface area contributed by atoms with E-state index >= 15 is 0 Å². The van der Waals surface area contributed by atoms with Crippen LogP contribution < -0.4 is 0 Å². The molecule has 0 spiro atoms. The molecule has 60 valence electrons. The molecule has 2 atom stereocenters. The third kappa shape index (κ3) is 1.11. The van der Waals surface area contributed by atoms with Crippen molar-refractivity contribution in [2.75, 3.05) is 12.4 Å². The molecule has 0 amide bonds. The predicted molar refractivity (Wildman–Crippen MR) is 31.8 cm³/mol. The van der Waals surface area contributed by atoms with Crippen molar-refractivity contribution < 1.29 is 17.6 Å². The molecule has 5 heteroatoms. The maximum Gasteiger partial charge on any atom is 0.294 e. The van der Waals surface area contributed by atoms with Gasteiger partial charge in [-0.2, -0.15) is 0 Å². The molecule has 0 aromatic rings. The van der Waals surface area contributed by atoms with Crippen LogP contribution in [0.5, 0.6) is 0 Å². The third-order valence-corrected chi connectivity index (χ3v) is 2.68. The van der Waals surface area contributed by atoms with Gasteiger partial charge in [-0.15, -0.1) is 11.8 Å². The van der Waals surface area contributed by atoms with Crippen LogP contribution in [0.15, 0.2) is 0 Å². The number of alkyl halides is 4. The van der Waals surface area contributed by atoms with E-state index in [9.17, 15) is 17.6 Å². The highest BCUT2D eigenvalue weighted by Gasteiger charge is 2.53. The molecule has 1 rings (SSSR count). The van der Waals surface area contributed by atoms with Crippen LogP contribution in [0.1, 0.15) is 0 Å². The molecule has 0 aliphatic carbocycles. The molecular weight excluding hydrogens is 168 g/mol. The van der Waals surface area contributed by atoms with Crippen molar-refractivity contribution >= 4 is 11.8 Å². The van der Waals surface area contributed by atoms with Crippen LogP contribution >= 0.6 is 11.8 Å². The van der Waals surface area contributed by atoms with Crippen molar-refractivity contribution in [1.29, 1.82) is 0 Å². The van der Waals surface area contributed by atoms with Crippen LogP contribution in [0.2, 0.25) is 0 Å². The molecule has 2 unspecified atom stereocenters. The van der Waals surface area contributed by atoms with E-state index in [2.05, 4.69) is 0 Å².